The van der Waals surface area contributed by atoms with E-state index in [0.29, 0.717) is 32.0 Å². The second-order valence-corrected chi connectivity index (χ2v) is 8.88. The van der Waals surface area contributed by atoms with Crippen molar-refractivity contribution in [3.05, 3.63) is 53.6 Å². The number of halogens is 2. The highest BCUT2D eigenvalue weighted by atomic mass is 32.2. The second-order valence-electron chi connectivity index (χ2n) is 6.95. The van der Waals surface area contributed by atoms with Crippen LogP contribution in [0.15, 0.2) is 41.3 Å². The summed E-state index contributed by atoms with van der Waals surface area (Å²) in [5.41, 5.74) is 0.315. The lowest BCUT2D eigenvalue weighted by Crippen LogP contribution is -2.40. The molecular formula is C21H25F2N3O4S. The number of sulfonamides is 1. The maximum Gasteiger partial charge on any atom is 0.258 e. The number of hydrogen-bond acceptors (Lipinski definition) is 5. The van der Waals surface area contributed by atoms with Gasteiger partial charge in [-0.2, -0.15) is 4.31 Å². The number of anilines is 2. The first-order chi connectivity index (χ1) is 14.8. The average Bonchev–Trinajstić information content (AvgIpc) is 2.77. The molecule has 0 saturated carbocycles. The number of hydrogen-bond donors (Lipinski definition) is 1. The molecule has 0 atom stereocenters. The van der Waals surface area contributed by atoms with Crippen LogP contribution in [0.3, 0.4) is 0 Å². The second kappa shape index (κ2) is 9.71. The van der Waals surface area contributed by atoms with Crippen molar-refractivity contribution in [2.24, 2.45) is 0 Å². The van der Waals surface area contributed by atoms with Crippen LogP contribution >= 0.6 is 0 Å². The van der Waals surface area contributed by atoms with Gasteiger partial charge in [0.05, 0.1) is 35.0 Å². The molecule has 1 fully saturated rings. The number of nitrogens with zero attached hydrogens (tertiary/aromatic N) is 2. The van der Waals surface area contributed by atoms with Crippen molar-refractivity contribution in [1.29, 1.82) is 0 Å². The molecule has 0 aliphatic carbocycles. The molecule has 10 heteroatoms. The number of ether oxygens (including phenoxy) is 1. The number of carbonyl (C=O) groups is 1. The summed E-state index contributed by atoms with van der Waals surface area (Å²) in [7, 11) is -3.81. The molecule has 0 radical (unpaired) electrons. The van der Waals surface area contributed by atoms with E-state index >= 15 is 0 Å². The molecule has 168 valence electrons. The first-order valence-corrected chi connectivity index (χ1v) is 11.4. The first kappa shape index (κ1) is 23.1. The molecule has 2 aromatic rings. The topological polar surface area (TPSA) is 79.0 Å². The van der Waals surface area contributed by atoms with Gasteiger partial charge in [0.25, 0.3) is 5.91 Å². The Balaban J connectivity index is 2.02. The normalized spacial score (nSPS) is 15.0. The van der Waals surface area contributed by atoms with Gasteiger partial charge in [0, 0.05) is 26.2 Å². The zero-order valence-electron chi connectivity index (χ0n) is 17.4. The Morgan fingerprint density at radius 1 is 1.10 bits per heavy atom. The van der Waals surface area contributed by atoms with Gasteiger partial charge in [0.2, 0.25) is 10.0 Å². The molecule has 1 heterocycles. The van der Waals surface area contributed by atoms with Gasteiger partial charge in [0.15, 0.2) is 0 Å². The molecule has 0 bridgehead atoms. The van der Waals surface area contributed by atoms with Crippen molar-refractivity contribution < 1.29 is 26.7 Å². The van der Waals surface area contributed by atoms with Crippen LogP contribution in [0.5, 0.6) is 0 Å². The van der Waals surface area contributed by atoms with Crippen molar-refractivity contribution in [2.45, 2.75) is 18.7 Å². The van der Waals surface area contributed by atoms with Crippen LogP contribution in [-0.4, -0.2) is 58.0 Å². The molecule has 0 unspecified atom stereocenters. The molecule has 0 aromatic heterocycles. The summed E-state index contributed by atoms with van der Waals surface area (Å²) in [6.45, 7) is 6.11. The molecule has 1 amide bonds. The summed E-state index contributed by atoms with van der Waals surface area (Å²) in [4.78, 5) is 14.6. The average molecular weight is 454 g/mol. The summed E-state index contributed by atoms with van der Waals surface area (Å²) in [6.07, 6.45) is 0. The van der Waals surface area contributed by atoms with Crippen LogP contribution in [0.2, 0.25) is 0 Å². The van der Waals surface area contributed by atoms with Crippen LogP contribution in [-0.2, 0) is 14.8 Å². The Kier molecular flexibility index (Phi) is 7.24. The Bertz CT molecular complexity index is 1050. The summed E-state index contributed by atoms with van der Waals surface area (Å²) in [5, 5.41) is 2.56. The van der Waals surface area contributed by atoms with E-state index in [1.165, 1.54) is 16.4 Å². The van der Waals surface area contributed by atoms with Crippen LogP contribution in [0.1, 0.15) is 24.2 Å². The lowest BCUT2D eigenvalue weighted by molar-refractivity contribution is 0.0730. The summed E-state index contributed by atoms with van der Waals surface area (Å²) in [5.74, 6) is -2.49. The Hall–Kier alpha value is -2.56. The van der Waals surface area contributed by atoms with Crippen molar-refractivity contribution in [1.82, 2.24) is 4.31 Å². The Morgan fingerprint density at radius 2 is 1.77 bits per heavy atom. The highest BCUT2D eigenvalue weighted by Gasteiger charge is 2.28. The fraction of sp³-hybridized carbons (Fsp3) is 0.381. The van der Waals surface area contributed by atoms with E-state index < -0.39 is 33.1 Å². The summed E-state index contributed by atoms with van der Waals surface area (Å²) in [6, 6.07) is 7.04. The van der Waals surface area contributed by atoms with E-state index in [0.717, 1.165) is 18.2 Å². The van der Waals surface area contributed by atoms with Crippen molar-refractivity contribution in [3.63, 3.8) is 0 Å². The lowest BCUT2D eigenvalue weighted by Gasteiger charge is -2.28. The third kappa shape index (κ3) is 5.03. The first-order valence-electron chi connectivity index (χ1n) is 10.0. The van der Waals surface area contributed by atoms with Crippen LogP contribution in [0, 0.1) is 11.6 Å². The largest absolute Gasteiger partial charge is 0.379 e. The van der Waals surface area contributed by atoms with Gasteiger partial charge in [-0.3, -0.25) is 4.79 Å². The predicted octanol–water partition coefficient (Wildman–Crippen LogP) is 3.08. The van der Waals surface area contributed by atoms with Gasteiger partial charge in [-0.05, 0) is 50.2 Å². The zero-order valence-corrected chi connectivity index (χ0v) is 18.2. The van der Waals surface area contributed by atoms with E-state index in [1.807, 2.05) is 18.7 Å². The number of amides is 1. The Morgan fingerprint density at radius 3 is 2.42 bits per heavy atom. The third-order valence-electron chi connectivity index (χ3n) is 5.10. The molecule has 31 heavy (non-hydrogen) atoms. The van der Waals surface area contributed by atoms with E-state index in [4.69, 9.17) is 4.74 Å². The molecule has 1 N–H and O–H groups in total. The smallest absolute Gasteiger partial charge is 0.258 e. The SMILES string of the molecule is CCN(CC)c1ccc(S(=O)(=O)N2CCOCC2)cc1NC(=O)c1cc(F)ccc1F. The Labute approximate surface area is 180 Å². The number of carbonyl (C=O) groups excluding carboxylic acids is 1. The van der Waals surface area contributed by atoms with E-state index in [9.17, 15) is 22.0 Å². The predicted molar refractivity (Wildman–Crippen MR) is 114 cm³/mol. The highest BCUT2D eigenvalue weighted by molar-refractivity contribution is 7.89. The third-order valence-corrected chi connectivity index (χ3v) is 7.00. The molecule has 3 rings (SSSR count). The minimum atomic E-state index is -3.81. The van der Waals surface area contributed by atoms with E-state index in [2.05, 4.69) is 5.32 Å². The fourth-order valence-electron chi connectivity index (χ4n) is 3.41. The molecular weight excluding hydrogens is 428 g/mol. The summed E-state index contributed by atoms with van der Waals surface area (Å²) < 4.78 is 60.3. The molecule has 0 spiro atoms. The number of nitrogens with one attached hydrogen (secondary N) is 1. The molecule has 1 aliphatic rings. The van der Waals surface area contributed by atoms with Gasteiger partial charge in [-0.1, -0.05) is 0 Å². The van der Waals surface area contributed by atoms with Crippen LogP contribution in [0.4, 0.5) is 20.2 Å². The van der Waals surface area contributed by atoms with Gasteiger partial charge >= 0.3 is 0 Å². The quantitative estimate of drug-likeness (QED) is 0.697. The van der Waals surface area contributed by atoms with Crippen molar-refractivity contribution in [2.75, 3.05) is 49.6 Å². The van der Waals surface area contributed by atoms with E-state index in [-0.39, 0.29) is 23.7 Å². The molecule has 1 saturated heterocycles. The van der Waals surface area contributed by atoms with E-state index in [1.54, 1.807) is 6.07 Å². The van der Waals surface area contributed by atoms with Crippen molar-refractivity contribution in [3.8, 4) is 0 Å². The fourth-order valence-corrected chi connectivity index (χ4v) is 4.85. The maximum atomic E-state index is 14.1. The van der Waals surface area contributed by atoms with Crippen LogP contribution < -0.4 is 10.2 Å². The minimum Gasteiger partial charge on any atom is -0.379 e. The van der Waals surface area contributed by atoms with Gasteiger partial charge in [-0.15, -0.1) is 0 Å². The highest BCUT2D eigenvalue weighted by Crippen LogP contribution is 2.31. The monoisotopic (exact) mass is 453 g/mol. The van der Waals surface area contributed by atoms with Gasteiger partial charge in [0.1, 0.15) is 11.6 Å². The summed E-state index contributed by atoms with van der Waals surface area (Å²) >= 11 is 0. The van der Waals surface area contributed by atoms with Gasteiger partial charge < -0.3 is 15.0 Å². The van der Waals surface area contributed by atoms with Gasteiger partial charge in [-0.25, -0.2) is 17.2 Å². The molecule has 2 aromatic carbocycles. The lowest BCUT2D eigenvalue weighted by atomic mass is 10.1. The standard InChI is InChI=1S/C21H25F2N3O4S/c1-3-25(4-2)20-8-6-16(31(28,29)26-9-11-30-12-10-26)14-19(20)24-21(27)17-13-15(22)5-7-18(17)23/h5-8,13-14H,3-4,9-12H2,1-2H3,(H,24,27). The number of morpholine rings is 1. The number of benzene rings is 2. The number of rotatable bonds is 7. The maximum absolute atomic E-state index is 14.1. The van der Waals surface area contributed by atoms with Crippen molar-refractivity contribution >= 4 is 27.3 Å². The van der Waals surface area contributed by atoms with Crippen LogP contribution in [0.25, 0.3) is 0 Å². The zero-order chi connectivity index (χ0) is 22.6. The molecule has 7 nitrogen and oxygen atoms in total. The molecule has 1 aliphatic heterocycles. The minimum absolute atomic E-state index is 0.000297.